The van der Waals surface area contributed by atoms with E-state index >= 15 is 0 Å². The highest BCUT2D eigenvalue weighted by molar-refractivity contribution is 7.07. The lowest BCUT2D eigenvalue weighted by Crippen LogP contribution is -2.40. The molecule has 9 nitrogen and oxygen atoms in total. The van der Waals surface area contributed by atoms with Gasteiger partial charge >= 0.3 is 11.9 Å². The molecule has 226 valence electrons. The molecule has 45 heavy (non-hydrogen) atoms. The number of nitrogens with zero attached hydrogens (tertiary/aromatic N) is 2. The molecule has 3 heterocycles. The van der Waals surface area contributed by atoms with E-state index in [1.54, 1.807) is 50.4 Å². The summed E-state index contributed by atoms with van der Waals surface area (Å²) in [6, 6.07) is 23.6. The standard InChI is InChI=1S/C34H25ClN2O7S/c1-3-43-33(41)28-29(19-7-5-4-6-8-19)36-34-37(30(28)20-9-12-22(42-2)13-10-20)31(38)27(45-34)18-23-14-16-26(44-23)21-11-15-25(35)24(17-21)32(39)40/h4-18,30H,3H2,1-2H3,(H,39,40)/b27-18-/t30-/m1/s1. The van der Waals surface area contributed by atoms with Gasteiger partial charge in [-0.15, -0.1) is 0 Å². The van der Waals surface area contributed by atoms with Crippen LogP contribution in [0.15, 0.2) is 105 Å². The number of benzene rings is 3. The minimum absolute atomic E-state index is 0.0504. The van der Waals surface area contributed by atoms with Crippen molar-refractivity contribution in [2.45, 2.75) is 13.0 Å². The second kappa shape index (κ2) is 12.4. The summed E-state index contributed by atoms with van der Waals surface area (Å²) in [6.07, 6.45) is 1.60. The summed E-state index contributed by atoms with van der Waals surface area (Å²) in [5, 5.41) is 9.56. The molecule has 0 fully saturated rings. The van der Waals surface area contributed by atoms with Crippen LogP contribution in [0, 0.1) is 0 Å². The number of aromatic nitrogens is 1. The number of ether oxygens (including phenoxy) is 2. The van der Waals surface area contributed by atoms with Gasteiger partial charge in [0.2, 0.25) is 0 Å². The van der Waals surface area contributed by atoms with Crippen LogP contribution in [0.2, 0.25) is 5.02 Å². The molecule has 1 aliphatic rings. The quantitative estimate of drug-likeness (QED) is 0.221. The van der Waals surface area contributed by atoms with Gasteiger partial charge in [-0.2, -0.15) is 0 Å². The minimum Gasteiger partial charge on any atom is -0.497 e. The molecule has 0 radical (unpaired) electrons. The van der Waals surface area contributed by atoms with Crippen LogP contribution in [0.4, 0.5) is 0 Å². The Hall–Kier alpha value is -5.19. The van der Waals surface area contributed by atoms with Crippen molar-refractivity contribution < 1.29 is 28.6 Å². The Labute approximate surface area is 265 Å². The number of hydrogen-bond donors (Lipinski definition) is 1. The summed E-state index contributed by atoms with van der Waals surface area (Å²) in [7, 11) is 1.56. The summed E-state index contributed by atoms with van der Waals surface area (Å²) in [5.74, 6) is -0.329. The number of halogens is 1. The lowest BCUT2D eigenvalue weighted by atomic mass is 9.93. The van der Waals surface area contributed by atoms with Gasteiger partial charge < -0.3 is 19.0 Å². The second-order valence-corrected chi connectivity index (χ2v) is 11.3. The maximum Gasteiger partial charge on any atom is 0.338 e. The summed E-state index contributed by atoms with van der Waals surface area (Å²) in [6.45, 7) is 1.87. The number of hydrogen-bond acceptors (Lipinski definition) is 8. The van der Waals surface area contributed by atoms with E-state index in [4.69, 9.17) is 30.5 Å². The van der Waals surface area contributed by atoms with Gasteiger partial charge in [-0.25, -0.2) is 14.6 Å². The van der Waals surface area contributed by atoms with E-state index in [0.29, 0.717) is 49.0 Å². The van der Waals surface area contributed by atoms with Crippen molar-refractivity contribution in [1.82, 2.24) is 4.57 Å². The molecule has 0 saturated carbocycles. The third-order valence-corrected chi connectivity index (χ3v) is 8.50. The average molecular weight is 641 g/mol. The molecule has 0 spiro atoms. The molecule has 0 saturated heterocycles. The van der Waals surface area contributed by atoms with Gasteiger partial charge in [-0.05, 0) is 55.0 Å². The molecule has 1 aliphatic heterocycles. The number of thiazole rings is 1. The maximum atomic E-state index is 14.1. The fraction of sp³-hybridized carbons (Fsp3) is 0.118. The molecule has 3 aromatic carbocycles. The first kappa shape index (κ1) is 29.9. The molecule has 6 rings (SSSR count). The predicted octanol–water partition coefficient (Wildman–Crippen LogP) is 5.56. The molecule has 11 heteroatoms. The van der Waals surface area contributed by atoms with Crippen molar-refractivity contribution in [1.29, 1.82) is 0 Å². The second-order valence-electron chi connectivity index (χ2n) is 9.91. The number of carboxylic acids is 1. The molecule has 2 aromatic heterocycles. The lowest BCUT2D eigenvalue weighted by molar-refractivity contribution is -0.138. The molecule has 0 aliphatic carbocycles. The zero-order chi connectivity index (χ0) is 31.7. The fourth-order valence-corrected chi connectivity index (χ4v) is 6.28. The number of carbonyl (C=O) groups excluding carboxylic acids is 1. The van der Waals surface area contributed by atoms with Crippen molar-refractivity contribution in [2.75, 3.05) is 13.7 Å². The molecule has 0 amide bonds. The van der Waals surface area contributed by atoms with Gasteiger partial charge in [0, 0.05) is 17.2 Å². The molecule has 5 aromatic rings. The van der Waals surface area contributed by atoms with Crippen LogP contribution in [0.25, 0.3) is 23.1 Å². The fourth-order valence-electron chi connectivity index (χ4n) is 5.10. The van der Waals surface area contributed by atoms with E-state index in [1.165, 1.54) is 16.7 Å². The molecule has 1 atom stereocenters. The normalized spacial score (nSPS) is 14.6. The van der Waals surface area contributed by atoms with Crippen LogP contribution >= 0.6 is 22.9 Å². The van der Waals surface area contributed by atoms with Crippen molar-refractivity contribution in [3.63, 3.8) is 0 Å². The van der Waals surface area contributed by atoms with Gasteiger partial charge in [0.1, 0.15) is 17.3 Å². The largest absolute Gasteiger partial charge is 0.497 e. The first-order chi connectivity index (χ1) is 21.8. The predicted molar refractivity (Wildman–Crippen MR) is 170 cm³/mol. The first-order valence-electron chi connectivity index (χ1n) is 13.8. The number of fused-ring (bicyclic) bond motifs is 1. The van der Waals surface area contributed by atoms with Gasteiger partial charge in [-0.1, -0.05) is 65.4 Å². The van der Waals surface area contributed by atoms with Gasteiger partial charge in [-0.3, -0.25) is 9.36 Å². The highest BCUT2D eigenvalue weighted by Crippen LogP contribution is 2.36. The number of carbonyl (C=O) groups is 2. The minimum atomic E-state index is -1.15. The lowest BCUT2D eigenvalue weighted by Gasteiger charge is -2.26. The van der Waals surface area contributed by atoms with Gasteiger partial charge in [0.05, 0.1) is 46.1 Å². The highest BCUT2D eigenvalue weighted by atomic mass is 35.5. The van der Waals surface area contributed by atoms with Crippen molar-refractivity contribution in [3.05, 3.63) is 138 Å². The number of furan rings is 1. The van der Waals surface area contributed by atoms with Gasteiger partial charge in [0.25, 0.3) is 5.56 Å². The summed E-state index contributed by atoms with van der Waals surface area (Å²) >= 11 is 7.19. The molecule has 0 bridgehead atoms. The van der Waals surface area contributed by atoms with Crippen LogP contribution in [0.1, 0.15) is 40.2 Å². The van der Waals surface area contributed by atoms with Crippen LogP contribution in [0.5, 0.6) is 5.75 Å². The topological polar surface area (TPSA) is 120 Å². The van der Waals surface area contributed by atoms with E-state index in [9.17, 15) is 19.5 Å². The Morgan fingerprint density at radius 3 is 2.49 bits per heavy atom. The maximum absolute atomic E-state index is 14.1. The van der Waals surface area contributed by atoms with Crippen LogP contribution in [-0.2, 0) is 9.53 Å². The van der Waals surface area contributed by atoms with Crippen LogP contribution < -0.4 is 19.6 Å². The monoisotopic (exact) mass is 640 g/mol. The number of rotatable bonds is 8. The van der Waals surface area contributed by atoms with E-state index < -0.39 is 18.0 Å². The summed E-state index contributed by atoms with van der Waals surface area (Å²) < 4.78 is 18.7. The van der Waals surface area contributed by atoms with Crippen molar-refractivity contribution in [2.24, 2.45) is 4.99 Å². The number of esters is 1. The molecular formula is C34H25ClN2O7S. The Balaban J connectivity index is 1.53. The van der Waals surface area contributed by atoms with Crippen LogP contribution in [-0.4, -0.2) is 35.3 Å². The van der Waals surface area contributed by atoms with Gasteiger partial charge in [0.15, 0.2) is 4.80 Å². The van der Waals surface area contributed by atoms with E-state index in [0.717, 1.165) is 11.3 Å². The van der Waals surface area contributed by atoms with E-state index in [2.05, 4.69) is 0 Å². The van der Waals surface area contributed by atoms with Crippen molar-refractivity contribution >= 4 is 46.6 Å². The van der Waals surface area contributed by atoms with Crippen LogP contribution in [0.3, 0.4) is 0 Å². The summed E-state index contributed by atoms with van der Waals surface area (Å²) in [4.78, 5) is 44.5. The average Bonchev–Trinajstić information content (AvgIpc) is 3.65. The number of carboxylic acid groups (broad SMARTS) is 1. The summed E-state index contributed by atoms with van der Waals surface area (Å²) in [5.41, 5.74) is 2.13. The molecule has 1 N–H and O–H groups in total. The number of aromatic carboxylic acids is 1. The SMILES string of the molecule is CCOC(=O)C1=C(c2ccccc2)N=c2s/c(=C\c3ccc(-c4ccc(Cl)c(C(=O)O)c4)o3)c(=O)n2[C@@H]1c1ccc(OC)cc1. The van der Waals surface area contributed by atoms with E-state index in [1.807, 2.05) is 42.5 Å². The smallest absolute Gasteiger partial charge is 0.338 e. The third-order valence-electron chi connectivity index (χ3n) is 7.19. The first-order valence-corrected chi connectivity index (χ1v) is 15.0. The highest BCUT2D eigenvalue weighted by Gasteiger charge is 2.35. The Bertz CT molecular complexity index is 2140. The number of methoxy groups -OCH3 is 1. The Morgan fingerprint density at radius 2 is 1.80 bits per heavy atom. The molecule has 0 unspecified atom stereocenters. The third kappa shape index (κ3) is 5.73. The zero-order valence-corrected chi connectivity index (χ0v) is 25.6. The van der Waals surface area contributed by atoms with Crippen molar-refractivity contribution in [3.8, 4) is 17.1 Å². The zero-order valence-electron chi connectivity index (χ0n) is 24.0. The Morgan fingerprint density at radius 1 is 1.04 bits per heavy atom. The molecular weight excluding hydrogens is 616 g/mol. The Kier molecular flexibility index (Phi) is 8.25. The van der Waals surface area contributed by atoms with E-state index in [-0.39, 0.29) is 28.3 Å².